The third-order valence-corrected chi connectivity index (χ3v) is 12.8. The Hall–Kier alpha value is -3.59. The lowest BCUT2D eigenvalue weighted by molar-refractivity contribution is -0.870. The first kappa shape index (κ1) is 68.4. The van der Waals surface area contributed by atoms with Crippen molar-refractivity contribution in [3.8, 4) is 0 Å². The first-order valence-corrected chi connectivity index (χ1v) is 29.9. The van der Waals surface area contributed by atoms with Crippen LogP contribution in [0.15, 0.2) is 122 Å². The molecule has 0 fully saturated rings. The molecule has 0 rings (SSSR count). The summed E-state index contributed by atoms with van der Waals surface area (Å²) in [5, 5.41) is 2.98. The summed E-state index contributed by atoms with van der Waals surface area (Å²) in [5.41, 5.74) is 0. The first-order valence-electron chi connectivity index (χ1n) is 28.4. The summed E-state index contributed by atoms with van der Waals surface area (Å²) in [6.45, 7) is 6.58. The van der Waals surface area contributed by atoms with Crippen LogP contribution in [-0.2, 0) is 27.9 Å². The minimum atomic E-state index is -4.72. The molecule has 1 N–H and O–H groups in total. The van der Waals surface area contributed by atoms with Gasteiger partial charge in [-0.25, -0.2) is 0 Å². The molecule has 0 spiro atoms. The van der Waals surface area contributed by atoms with Crippen molar-refractivity contribution in [2.24, 2.45) is 0 Å². The van der Waals surface area contributed by atoms with E-state index in [1.54, 1.807) is 6.08 Å². The zero-order chi connectivity index (χ0) is 52.9. The van der Waals surface area contributed by atoms with Crippen molar-refractivity contribution in [3.63, 3.8) is 0 Å². The third-order valence-electron chi connectivity index (χ3n) is 11.8. The molecule has 0 aromatic carbocycles. The molecule has 0 saturated heterocycles. The van der Waals surface area contributed by atoms with Crippen LogP contribution in [0, 0.1) is 0 Å². The lowest BCUT2D eigenvalue weighted by atomic mass is 10.1. The van der Waals surface area contributed by atoms with Crippen LogP contribution in [-0.4, -0.2) is 69.4 Å². The van der Waals surface area contributed by atoms with Gasteiger partial charge < -0.3 is 28.5 Å². The van der Waals surface area contributed by atoms with E-state index in [4.69, 9.17) is 13.8 Å². The molecular weight excluding hydrogens is 916 g/mol. The maximum Gasteiger partial charge on any atom is 0.306 e. The zero-order valence-electron chi connectivity index (χ0n) is 46.6. The highest BCUT2D eigenvalue weighted by atomic mass is 31.2. The number of quaternary nitrogens is 1. The molecule has 0 aliphatic heterocycles. The number of phosphoric acid groups is 1. The Morgan fingerprint density at radius 3 is 1.50 bits per heavy atom. The van der Waals surface area contributed by atoms with E-state index in [0.717, 1.165) is 83.5 Å². The highest BCUT2D eigenvalue weighted by Crippen LogP contribution is 2.38. The molecule has 72 heavy (non-hydrogen) atoms. The highest BCUT2D eigenvalue weighted by molar-refractivity contribution is 7.45. The van der Waals surface area contributed by atoms with E-state index in [9.17, 15) is 19.0 Å². The summed E-state index contributed by atoms with van der Waals surface area (Å²) < 4.78 is 30.2. The van der Waals surface area contributed by atoms with Crippen molar-refractivity contribution in [1.82, 2.24) is 5.32 Å². The SMILES string of the molecule is CC\C=C/C=C/C=C/C=C\C=C\C=C\CCCCCC(=O)NC(COP(=O)([O-])OCC[N+](C)(C)C)C(/C=C/CCCCCCCCCCCC)OC(=O)CCCCCC/C=C\C/C=C\C/C=C\CCCCC. The van der Waals surface area contributed by atoms with Crippen LogP contribution in [0.4, 0.5) is 0 Å². The van der Waals surface area contributed by atoms with Crippen molar-refractivity contribution in [3.05, 3.63) is 122 Å². The standard InChI is InChI=1S/C62H105N2O7P/c1-7-10-13-16-19-22-25-28-30-32-34-36-39-42-45-48-51-54-61(65)63-59(58-70-72(67,68)69-57-56-64(4,5)6)60(53-50-47-44-41-38-27-24-21-18-15-12-9-3)71-62(66)55-52-49-46-43-40-37-35-33-31-29-26-23-20-17-14-11-8-2/h10,13,16,19-20,22-23,25,28-32,34-37,39,50,53,59-60H,7-9,11-12,14-15,17-18,21,24,26-27,33,38,40-49,51-52,54-58H2,1-6H3,(H-,63,65,67,68)/b13-10-,19-16+,23-20-,25-22+,30-28-,31-29-,34-32+,37-35-,39-36+,53-50+. The van der Waals surface area contributed by atoms with E-state index in [2.05, 4.69) is 74.7 Å². The first-order chi connectivity index (χ1) is 34.9. The van der Waals surface area contributed by atoms with Gasteiger partial charge in [-0.15, -0.1) is 0 Å². The Labute approximate surface area is 442 Å². The maximum atomic E-state index is 13.5. The van der Waals surface area contributed by atoms with E-state index in [0.29, 0.717) is 23.9 Å². The monoisotopic (exact) mass is 1020 g/mol. The summed E-state index contributed by atoms with van der Waals surface area (Å²) in [7, 11) is 1.12. The second kappa shape index (κ2) is 50.9. The Kier molecular flexibility index (Phi) is 48.4. The van der Waals surface area contributed by atoms with Gasteiger partial charge in [-0.05, 0) is 89.5 Å². The average Bonchev–Trinajstić information content (AvgIpc) is 3.34. The number of likely N-dealkylation sites (N-methyl/N-ethyl adjacent to an activating group) is 1. The fourth-order valence-electron chi connectivity index (χ4n) is 7.38. The van der Waals surface area contributed by atoms with Gasteiger partial charge in [0.25, 0.3) is 7.82 Å². The van der Waals surface area contributed by atoms with Crippen molar-refractivity contribution >= 4 is 19.7 Å². The molecule has 3 unspecified atom stereocenters. The van der Waals surface area contributed by atoms with Crippen LogP contribution < -0.4 is 10.2 Å². The van der Waals surface area contributed by atoms with E-state index >= 15 is 0 Å². The number of allylic oxidation sites excluding steroid dienone is 19. The van der Waals surface area contributed by atoms with E-state index in [-0.39, 0.29) is 31.3 Å². The molecule has 0 saturated carbocycles. The molecule has 9 nitrogen and oxygen atoms in total. The molecule has 0 heterocycles. The summed E-state index contributed by atoms with van der Waals surface area (Å²) in [5.74, 6) is -0.629. The number of rotatable bonds is 49. The molecule has 1 amide bonds. The number of ether oxygens (including phenoxy) is 1. The Bertz CT molecular complexity index is 1650. The molecule has 0 radical (unpaired) electrons. The number of hydrogen-bond acceptors (Lipinski definition) is 7. The van der Waals surface area contributed by atoms with Gasteiger partial charge in [-0.1, -0.05) is 226 Å². The number of hydrogen-bond donors (Lipinski definition) is 1. The van der Waals surface area contributed by atoms with Crippen molar-refractivity contribution < 1.29 is 37.3 Å². The quantitative estimate of drug-likeness (QED) is 0.0161. The zero-order valence-corrected chi connectivity index (χ0v) is 47.5. The van der Waals surface area contributed by atoms with Crippen molar-refractivity contribution in [1.29, 1.82) is 0 Å². The number of nitrogens with zero attached hydrogens (tertiary/aromatic N) is 1. The molecule has 10 heteroatoms. The molecule has 0 bridgehead atoms. The van der Waals surface area contributed by atoms with Crippen LogP contribution in [0.1, 0.15) is 207 Å². The number of esters is 1. The van der Waals surface area contributed by atoms with E-state index in [1.165, 1.54) is 77.0 Å². The lowest BCUT2D eigenvalue weighted by Crippen LogP contribution is -2.47. The van der Waals surface area contributed by atoms with Crippen molar-refractivity contribution in [2.75, 3.05) is 40.9 Å². The van der Waals surface area contributed by atoms with Gasteiger partial charge in [-0.2, -0.15) is 0 Å². The second-order valence-corrected chi connectivity index (χ2v) is 21.3. The average molecular weight is 1020 g/mol. The van der Waals surface area contributed by atoms with Gasteiger partial charge in [0.2, 0.25) is 5.91 Å². The fourth-order valence-corrected chi connectivity index (χ4v) is 8.10. The molecule has 0 aromatic rings. The minimum Gasteiger partial charge on any atom is -0.756 e. The van der Waals surface area contributed by atoms with Gasteiger partial charge in [-0.3, -0.25) is 14.2 Å². The fraction of sp³-hybridized carbons (Fsp3) is 0.645. The topological polar surface area (TPSA) is 114 Å². The second-order valence-electron chi connectivity index (χ2n) is 19.9. The van der Waals surface area contributed by atoms with Gasteiger partial charge in [0.1, 0.15) is 19.3 Å². The van der Waals surface area contributed by atoms with Crippen LogP contribution in [0.25, 0.3) is 0 Å². The van der Waals surface area contributed by atoms with Crippen LogP contribution in [0.5, 0.6) is 0 Å². The molecular formula is C62H105N2O7P. The summed E-state index contributed by atoms with van der Waals surface area (Å²) in [4.78, 5) is 39.8. The molecule has 0 aliphatic rings. The number of phosphoric ester groups is 1. The molecule has 0 aromatic heterocycles. The Morgan fingerprint density at radius 2 is 0.944 bits per heavy atom. The normalized spacial score (nSPS) is 14.7. The van der Waals surface area contributed by atoms with E-state index in [1.807, 2.05) is 88.0 Å². The minimum absolute atomic E-state index is 0.0424. The van der Waals surface area contributed by atoms with Gasteiger partial charge in [0.05, 0.1) is 33.8 Å². The summed E-state index contributed by atoms with van der Waals surface area (Å²) in [6.07, 6.45) is 70.2. The number of carbonyl (C=O) groups is 2. The lowest BCUT2D eigenvalue weighted by Gasteiger charge is -2.30. The van der Waals surface area contributed by atoms with E-state index < -0.39 is 26.6 Å². The van der Waals surface area contributed by atoms with Crippen LogP contribution in [0.2, 0.25) is 0 Å². The number of amides is 1. The van der Waals surface area contributed by atoms with Gasteiger partial charge >= 0.3 is 5.97 Å². The maximum absolute atomic E-state index is 13.5. The molecule has 0 aliphatic carbocycles. The number of unbranched alkanes of at least 4 members (excludes halogenated alkanes) is 20. The van der Waals surface area contributed by atoms with Crippen LogP contribution >= 0.6 is 7.82 Å². The smallest absolute Gasteiger partial charge is 0.306 e. The molecule has 410 valence electrons. The predicted octanol–water partition coefficient (Wildman–Crippen LogP) is 16.5. The summed E-state index contributed by atoms with van der Waals surface area (Å²) in [6, 6.07) is -0.929. The van der Waals surface area contributed by atoms with Crippen LogP contribution in [0.3, 0.4) is 0 Å². The van der Waals surface area contributed by atoms with Crippen molar-refractivity contribution in [2.45, 2.75) is 219 Å². The largest absolute Gasteiger partial charge is 0.756 e. The third kappa shape index (κ3) is 51.3. The number of carbonyl (C=O) groups excluding carboxylic acids is 2. The van der Waals surface area contributed by atoms with Gasteiger partial charge in [0.15, 0.2) is 0 Å². The Balaban J connectivity index is 5.51. The highest BCUT2D eigenvalue weighted by Gasteiger charge is 2.27. The van der Waals surface area contributed by atoms with Gasteiger partial charge in [0, 0.05) is 12.8 Å². The Morgan fingerprint density at radius 1 is 0.514 bits per heavy atom. The number of nitrogens with one attached hydrogen (secondary N) is 1. The molecule has 3 atom stereocenters. The predicted molar refractivity (Wildman–Crippen MR) is 307 cm³/mol. The summed E-state index contributed by atoms with van der Waals surface area (Å²) >= 11 is 0.